The van der Waals surface area contributed by atoms with Crippen LogP contribution in [0.25, 0.3) is 0 Å². The number of nitriles is 2. The number of hydrogen-bond donors (Lipinski definition) is 2. The number of para-hydroxylation sites is 4. The van der Waals surface area contributed by atoms with E-state index < -0.39 is 0 Å². The van der Waals surface area contributed by atoms with Gasteiger partial charge in [0, 0.05) is 12.1 Å². The summed E-state index contributed by atoms with van der Waals surface area (Å²) in [5.41, 5.74) is 13.0. The highest BCUT2D eigenvalue weighted by Gasteiger charge is 2.15. The van der Waals surface area contributed by atoms with Crippen LogP contribution in [0.4, 0.5) is 11.4 Å². The summed E-state index contributed by atoms with van der Waals surface area (Å²) in [5, 5.41) is 18.6. The fourth-order valence-corrected chi connectivity index (χ4v) is 2.29. The minimum Gasteiger partial charge on any atom is -0.451 e. The van der Waals surface area contributed by atoms with Gasteiger partial charge in [0.25, 0.3) is 0 Å². The van der Waals surface area contributed by atoms with Crippen molar-refractivity contribution >= 4 is 11.4 Å². The highest BCUT2D eigenvalue weighted by molar-refractivity contribution is 5.62. The Labute approximate surface area is 150 Å². The molecule has 0 amide bonds. The average molecular weight is 342 g/mol. The molecular formula is C20H14N4O2. The molecule has 0 radical (unpaired) electrons. The molecule has 0 aromatic heterocycles. The van der Waals surface area contributed by atoms with Crippen molar-refractivity contribution in [2.24, 2.45) is 0 Å². The molecule has 126 valence electrons. The first-order valence-corrected chi connectivity index (χ1v) is 7.65. The maximum absolute atomic E-state index is 9.28. The van der Waals surface area contributed by atoms with Gasteiger partial charge >= 0.3 is 0 Å². The van der Waals surface area contributed by atoms with E-state index in [1.807, 2.05) is 12.1 Å². The van der Waals surface area contributed by atoms with Gasteiger partial charge in [-0.3, -0.25) is 0 Å². The zero-order valence-electron chi connectivity index (χ0n) is 13.6. The molecule has 0 fully saturated rings. The summed E-state index contributed by atoms with van der Waals surface area (Å²) in [6, 6.07) is 20.7. The van der Waals surface area contributed by atoms with E-state index in [0.717, 1.165) is 0 Å². The zero-order valence-corrected chi connectivity index (χ0v) is 13.6. The summed E-state index contributed by atoms with van der Waals surface area (Å²) in [4.78, 5) is 0. The van der Waals surface area contributed by atoms with Crippen molar-refractivity contribution < 1.29 is 9.47 Å². The smallest absolute Gasteiger partial charge is 0.171 e. The third-order valence-corrected chi connectivity index (χ3v) is 3.60. The maximum Gasteiger partial charge on any atom is 0.171 e. The van der Waals surface area contributed by atoms with Gasteiger partial charge in [0.05, 0.1) is 22.5 Å². The molecule has 0 spiro atoms. The summed E-state index contributed by atoms with van der Waals surface area (Å²) >= 11 is 0. The molecule has 3 aromatic carbocycles. The van der Waals surface area contributed by atoms with Crippen molar-refractivity contribution in [1.29, 1.82) is 10.5 Å². The van der Waals surface area contributed by atoms with Gasteiger partial charge in [-0.15, -0.1) is 0 Å². The number of ether oxygens (including phenoxy) is 2. The number of benzene rings is 3. The average Bonchev–Trinajstić information content (AvgIpc) is 2.66. The Hall–Kier alpha value is -4.16. The summed E-state index contributed by atoms with van der Waals surface area (Å²) < 4.78 is 11.7. The van der Waals surface area contributed by atoms with E-state index in [0.29, 0.717) is 22.9 Å². The molecule has 0 saturated carbocycles. The molecule has 0 aliphatic rings. The lowest BCUT2D eigenvalue weighted by Gasteiger charge is -2.15. The molecule has 0 saturated heterocycles. The van der Waals surface area contributed by atoms with Gasteiger partial charge in [-0.05, 0) is 24.3 Å². The molecular weight excluding hydrogens is 328 g/mol. The van der Waals surface area contributed by atoms with Gasteiger partial charge in [-0.2, -0.15) is 10.5 Å². The van der Waals surface area contributed by atoms with Crippen LogP contribution < -0.4 is 20.9 Å². The van der Waals surface area contributed by atoms with Crippen LogP contribution in [0.2, 0.25) is 0 Å². The lowest BCUT2D eigenvalue weighted by molar-refractivity contribution is 0.420. The summed E-state index contributed by atoms with van der Waals surface area (Å²) in [7, 11) is 0. The molecule has 3 rings (SSSR count). The summed E-state index contributed by atoms with van der Waals surface area (Å²) in [6.07, 6.45) is 0. The maximum atomic E-state index is 9.28. The fraction of sp³-hybridized carbons (Fsp3) is 0. The number of nitrogens with zero attached hydrogens (tertiary/aromatic N) is 2. The number of hydrogen-bond acceptors (Lipinski definition) is 6. The molecule has 3 aromatic rings. The molecule has 0 aliphatic heterocycles. The zero-order chi connectivity index (χ0) is 18.5. The van der Waals surface area contributed by atoms with Gasteiger partial charge in [0.2, 0.25) is 0 Å². The second-order valence-electron chi connectivity index (χ2n) is 5.35. The monoisotopic (exact) mass is 342 g/mol. The Kier molecular flexibility index (Phi) is 4.60. The number of anilines is 2. The van der Waals surface area contributed by atoms with E-state index >= 15 is 0 Å². The topological polar surface area (TPSA) is 118 Å². The van der Waals surface area contributed by atoms with Gasteiger partial charge < -0.3 is 20.9 Å². The molecule has 6 nitrogen and oxygen atoms in total. The van der Waals surface area contributed by atoms with E-state index in [1.54, 1.807) is 48.5 Å². The molecule has 4 N–H and O–H groups in total. The van der Waals surface area contributed by atoms with Gasteiger partial charge in [0.1, 0.15) is 12.1 Å². The molecule has 6 heteroatoms. The number of nitrogen functional groups attached to an aromatic ring is 2. The van der Waals surface area contributed by atoms with Crippen LogP contribution in [0.15, 0.2) is 60.7 Å². The van der Waals surface area contributed by atoms with Crippen molar-refractivity contribution in [3.63, 3.8) is 0 Å². The van der Waals surface area contributed by atoms with Crippen molar-refractivity contribution in [2.45, 2.75) is 0 Å². The van der Waals surface area contributed by atoms with Crippen molar-refractivity contribution in [3.05, 3.63) is 71.8 Å². The summed E-state index contributed by atoms with van der Waals surface area (Å²) in [5.74, 6) is 1.32. The van der Waals surface area contributed by atoms with Crippen LogP contribution >= 0.6 is 0 Å². The normalized spacial score (nSPS) is 9.77. The van der Waals surface area contributed by atoms with Crippen molar-refractivity contribution in [1.82, 2.24) is 0 Å². The first-order valence-electron chi connectivity index (χ1n) is 7.65. The molecule has 0 aliphatic carbocycles. The Morgan fingerprint density at radius 1 is 0.615 bits per heavy atom. The SMILES string of the molecule is N#Cc1cc(Oc2ccccc2N)c(Oc2ccccc2N)cc1C#N. The second-order valence-corrected chi connectivity index (χ2v) is 5.35. The number of rotatable bonds is 4. The lowest BCUT2D eigenvalue weighted by Crippen LogP contribution is -1.98. The fourth-order valence-electron chi connectivity index (χ4n) is 2.29. The van der Waals surface area contributed by atoms with E-state index in [2.05, 4.69) is 0 Å². The van der Waals surface area contributed by atoms with Crippen LogP contribution in [-0.4, -0.2) is 0 Å². The van der Waals surface area contributed by atoms with Crippen LogP contribution in [0.3, 0.4) is 0 Å². The first kappa shape index (κ1) is 16.7. The highest BCUT2D eigenvalue weighted by atomic mass is 16.5. The first-order chi connectivity index (χ1) is 12.6. The van der Waals surface area contributed by atoms with E-state index in [9.17, 15) is 10.5 Å². The van der Waals surface area contributed by atoms with Gasteiger partial charge in [-0.1, -0.05) is 24.3 Å². The molecule has 0 unspecified atom stereocenters. The Balaban J connectivity index is 2.09. The van der Waals surface area contributed by atoms with Crippen molar-refractivity contribution in [3.8, 4) is 35.1 Å². The highest BCUT2D eigenvalue weighted by Crippen LogP contribution is 2.39. The standard InChI is InChI=1S/C20H14N4O2/c21-11-13-9-19(25-17-7-3-1-5-15(17)23)20(10-14(13)12-22)26-18-8-4-2-6-16(18)24/h1-10H,23-24H2. The van der Waals surface area contributed by atoms with Crippen LogP contribution in [0, 0.1) is 22.7 Å². The van der Waals surface area contributed by atoms with Gasteiger partial charge in [0.15, 0.2) is 23.0 Å². The Morgan fingerprint density at radius 3 is 1.35 bits per heavy atom. The van der Waals surface area contributed by atoms with Gasteiger partial charge in [-0.25, -0.2) is 0 Å². The quantitative estimate of drug-likeness (QED) is 0.687. The van der Waals surface area contributed by atoms with E-state index in [1.165, 1.54) is 12.1 Å². The minimum absolute atomic E-state index is 0.172. The predicted octanol–water partition coefficient (Wildman–Crippen LogP) is 4.18. The summed E-state index contributed by atoms with van der Waals surface area (Å²) in [6.45, 7) is 0. The number of nitrogens with two attached hydrogens (primary N) is 2. The third kappa shape index (κ3) is 3.35. The van der Waals surface area contributed by atoms with E-state index in [-0.39, 0.29) is 22.6 Å². The third-order valence-electron chi connectivity index (χ3n) is 3.60. The van der Waals surface area contributed by atoms with E-state index in [4.69, 9.17) is 20.9 Å². The molecule has 0 bridgehead atoms. The lowest BCUT2D eigenvalue weighted by atomic mass is 10.1. The molecule has 0 atom stereocenters. The van der Waals surface area contributed by atoms with Crippen LogP contribution in [0.5, 0.6) is 23.0 Å². The predicted molar refractivity (Wildman–Crippen MR) is 97.7 cm³/mol. The Bertz CT molecular complexity index is 964. The van der Waals surface area contributed by atoms with Crippen molar-refractivity contribution in [2.75, 3.05) is 11.5 Å². The molecule has 26 heavy (non-hydrogen) atoms. The van der Waals surface area contributed by atoms with Crippen LogP contribution in [0.1, 0.15) is 11.1 Å². The Morgan fingerprint density at radius 2 is 1.00 bits per heavy atom. The minimum atomic E-state index is 0.172. The second kappa shape index (κ2) is 7.16. The molecule has 0 heterocycles. The van der Waals surface area contributed by atoms with Crippen LogP contribution in [-0.2, 0) is 0 Å². The largest absolute Gasteiger partial charge is 0.451 e.